The minimum absolute atomic E-state index is 0.154. The Hall–Kier alpha value is -0.910. The molecule has 1 N–H and O–H groups in total. The second-order valence-electron chi connectivity index (χ2n) is 8.89. The highest BCUT2D eigenvalue weighted by Crippen LogP contribution is 2.29. The van der Waals surface area contributed by atoms with Gasteiger partial charge in [-0.05, 0) is 57.1 Å². The molecule has 0 aromatic carbocycles. The van der Waals surface area contributed by atoms with Crippen LogP contribution in [0.3, 0.4) is 0 Å². The third kappa shape index (κ3) is 5.17. The standard InChI is InChI=1S/C23H37N3OS/c27-23(21-18-28-22-11-6-2-5-10-20(21)22)24-12-7-13-25-14-16-26(17-15-25)19-8-3-1-4-9-19/h18-19H,1-17H2,(H,24,27). The summed E-state index contributed by atoms with van der Waals surface area (Å²) in [6.45, 7) is 6.77. The van der Waals surface area contributed by atoms with E-state index in [0.29, 0.717) is 0 Å². The summed E-state index contributed by atoms with van der Waals surface area (Å²) >= 11 is 1.79. The number of hydrogen-bond donors (Lipinski definition) is 1. The molecule has 1 saturated heterocycles. The first-order valence-corrected chi connectivity index (χ1v) is 12.5. The van der Waals surface area contributed by atoms with E-state index >= 15 is 0 Å². The van der Waals surface area contributed by atoms with E-state index in [0.717, 1.165) is 37.5 Å². The molecule has 4 rings (SSSR count). The van der Waals surface area contributed by atoms with Crippen molar-refractivity contribution in [1.82, 2.24) is 15.1 Å². The minimum atomic E-state index is 0.154. The molecule has 0 atom stereocenters. The predicted molar refractivity (Wildman–Crippen MR) is 117 cm³/mol. The summed E-state index contributed by atoms with van der Waals surface area (Å²) in [7, 11) is 0. The second-order valence-corrected chi connectivity index (χ2v) is 9.85. The Morgan fingerprint density at radius 3 is 2.57 bits per heavy atom. The highest BCUT2D eigenvalue weighted by molar-refractivity contribution is 7.10. The van der Waals surface area contributed by atoms with Crippen molar-refractivity contribution in [3.8, 4) is 0 Å². The van der Waals surface area contributed by atoms with Gasteiger partial charge in [0.15, 0.2) is 0 Å². The zero-order chi connectivity index (χ0) is 19.2. The first kappa shape index (κ1) is 20.4. The fraction of sp³-hybridized carbons (Fsp3) is 0.783. The lowest BCUT2D eigenvalue weighted by molar-refractivity contribution is 0.0779. The van der Waals surface area contributed by atoms with Crippen molar-refractivity contribution in [1.29, 1.82) is 0 Å². The smallest absolute Gasteiger partial charge is 0.252 e. The summed E-state index contributed by atoms with van der Waals surface area (Å²) in [5.74, 6) is 0.154. The zero-order valence-corrected chi connectivity index (χ0v) is 18.2. The lowest BCUT2D eigenvalue weighted by Gasteiger charge is -2.40. The monoisotopic (exact) mass is 403 g/mol. The number of thiophene rings is 1. The van der Waals surface area contributed by atoms with E-state index in [2.05, 4.69) is 20.5 Å². The number of fused-ring (bicyclic) bond motifs is 1. The molecular formula is C23H37N3OS. The Morgan fingerprint density at radius 2 is 1.75 bits per heavy atom. The maximum Gasteiger partial charge on any atom is 0.252 e. The summed E-state index contributed by atoms with van der Waals surface area (Å²) in [4.78, 5) is 19.4. The van der Waals surface area contributed by atoms with Crippen LogP contribution in [0.2, 0.25) is 0 Å². The summed E-state index contributed by atoms with van der Waals surface area (Å²) in [6, 6.07) is 0.857. The maximum absolute atomic E-state index is 12.6. The minimum Gasteiger partial charge on any atom is -0.352 e. The fourth-order valence-corrected chi connectivity index (χ4v) is 6.39. The Kier molecular flexibility index (Phi) is 7.43. The molecule has 3 aliphatic rings. The summed E-state index contributed by atoms with van der Waals surface area (Å²) in [6.07, 6.45) is 14.3. The van der Waals surface area contributed by atoms with Crippen molar-refractivity contribution in [3.63, 3.8) is 0 Å². The molecule has 0 spiro atoms. The van der Waals surface area contributed by atoms with Crippen molar-refractivity contribution in [2.45, 2.75) is 76.7 Å². The van der Waals surface area contributed by atoms with Crippen LogP contribution in [0.25, 0.3) is 0 Å². The number of nitrogens with one attached hydrogen (secondary N) is 1. The SMILES string of the molecule is O=C(NCCCN1CCN(C2CCCCC2)CC1)c1csc2c1CCCCC2. The molecular weight excluding hydrogens is 366 g/mol. The molecule has 156 valence electrons. The van der Waals surface area contributed by atoms with Gasteiger partial charge >= 0.3 is 0 Å². The first-order chi connectivity index (χ1) is 13.8. The first-order valence-electron chi connectivity index (χ1n) is 11.6. The summed E-state index contributed by atoms with van der Waals surface area (Å²) in [5.41, 5.74) is 2.31. The van der Waals surface area contributed by atoms with Gasteiger partial charge in [-0.1, -0.05) is 25.7 Å². The number of rotatable bonds is 6. The summed E-state index contributed by atoms with van der Waals surface area (Å²) in [5, 5.41) is 5.28. The van der Waals surface area contributed by atoms with Gasteiger partial charge in [-0.3, -0.25) is 9.69 Å². The maximum atomic E-state index is 12.6. The summed E-state index contributed by atoms with van der Waals surface area (Å²) < 4.78 is 0. The van der Waals surface area contributed by atoms with E-state index in [1.165, 1.54) is 94.4 Å². The number of carbonyl (C=O) groups is 1. The normalized spacial score (nSPS) is 22.6. The van der Waals surface area contributed by atoms with Gasteiger partial charge in [0.2, 0.25) is 0 Å². The van der Waals surface area contributed by atoms with Crippen LogP contribution in [0, 0.1) is 0 Å². The van der Waals surface area contributed by atoms with Gasteiger partial charge in [-0.15, -0.1) is 11.3 Å². The highest BCUT2D eigenvalue weighted by Gasteiger charge is 2.25. The van der Waals surface area contributed by atoms with Crippen molar-refractivity contribution >= 4 is 17.2 Å². The van der Waals surface area contributed by atoms with Gasteiger partial charge in [0.1, 0.15) is 0 Å². The van der Waals surface area contributed by atoms with Crippen molar-refractivity contribution in [3.05, 3.63) is 21.4 Å². The Balaban J connectivity index is 1.15. The molecule has 2 aliphatic carbocycles. The van der Waals surface area contributed by atoms with Gasteiger partial charge in [-0.25, -0.2) is 0 Å². The number of nitrogens with zero attached hydrogens (tertiary/aromatic N) is 2. The predicted octanol–water partition coefficient (Wildman–Crippen LogP) is 4.09. The molecule has 1 amide bonds. The molecule has 4 nitrogen and oxygen atoms in total. The van der Waals surface area contributed by atoms with E-state index in [1.54, 1.807) is 11.3 Å². The van der Waals surface area contributed by atoms with Crippen LogP contribution in [0.15, 0.2) is 5.38 Å². The number of piperazine rings is 1. The topological polar surface area (TPSA) is 35.6 Å². The molecule has 1 aromatic heterocycles. The third-order valence-corrected chi connectivity index (χ3v) is 8.08. The number of carbonyl (C=O) groups excluding carboxylic acids is 1. The fourth-order valence-electron chi connectivity index (χ4n) is 5.26. The Labute approximate surface area is 174 Å². The van der Waals surface area contributed by atoms with Crippen molar-refractivity contribution in [2.75, 3.05) is 39.3 Å². The molecule has 1 aliphatic heterocycles. The lowest BCUT2D eigenvalue weighted by Crippen LogP contribution is -2.51. The van der Waals surface area contributed by atoms with Gasteiger partial charge in [-0.2, -0.15) is 0 Å². The molecule has 2 heterocycles. The van der Waals surface area contributed by atoms with Gasteiger partial charge < -0.3 is 10.2 Å². The Bertz CT molecular complexity index is 630. The van der Waals surface area contributed by atoms with E-state index in [9.17, 15) is 4.79 Å². The van der Waals surface area contributed by atoms with Crippen LogP contribution in [-0.2, 0) is 12.8 Å². The molecule has 0 unspecified atom stereocenters. The zero-order valence-electron chi connectivity index (χ0n) is 17.4. The van der Waals surface area contributed by atoms with Crippen LogP contribution in [-0.4, -0.2) is 61.0 Å². The van der Waals surface area contributed by atoms with Gasteiger partial charge in [0.25, 0.3) is 5.91 Å². The van der Waals surface area contributed by atoms with Gasteiger partial charge in [0, 0.05) is 49.0 Å². The lowest BCUT2D eigenvalue weighted by atomic mass is 9.94. The third-order valence-electron chi connectivity index (χ3n) is 6.99. The van der Waals surface area contributed by atoms with E-state index < -0.39 is 0 Å². The number of amides is 1. The van der Waals surface area contributed by atoms with Crippen molar-refractivity contribution < 1.29 is 4.79 Å². The van der Waals surface area contributed by atoms with Crippen LogP contribution < -0.4 is 5.32 Å². The highest BCUT2D eigenvalue weighted by atomic mass is 32.1. The molecule has 5 heteroatoms. The van der Waals surface area contributed by atoms with E-state index in [-0.39, 0.29) is 5.91 Å². The van der Waals surface area contributed by atoms with Crippen LogP contribution in [0.4, 0.5) is 0 Å². The van der Waals surface area contributed by atoms with E-state index in [4.69, 9.17) is 0 Å². The average Bonchev–Trinajstić information content (AvgIpc) is 3.00. The van der Waals surface area contributed by atoms with Crippen molar-refractivity contribution in [2.24, 2.45) is 0 Å². The molecule has 1 aromatic rings. The van der Waals surface area contributed by atoms with Crippen LogP contribution in [0.1, 0.15) is 78.6 Å². The number of hydrogen-bond acceptors (Lipinski definition) is 4. The molecule has 0 radical (unpaired) electrons. The Morgan fingerprint density at radius 1 is 1.00 bits per heavy atom. The van der Waals surface area contributed by atoms with E-state index in [1.807, 2.05) is 0 Å². The second kappa shape index (κ2) is 10.2. The molecule has 28 heavy (non-hydrogen) atoms. The quantitative estimate of drug-likeness (QED) is 0.574. The largest absolute Gasteiger partial charge is 0.352 e. The molecule has 1 saturated carbocycles. The van der Waals surface area contributed by atoms with Crippen LogP contribution in [0.5, 0.6) is 0 Å². The van der Waals surface area contributed by atoms with Crippen LogP contribution >= 0.6 is 11.3 Å². The van der Waals surface area contributed by atoms with Gasteiger partial charge in [0.05, 0.1) is 5.56 Å². The molecule has 0 bridgehead atoms. The average molecular weight is 404 g/mol. The number of aryl methyl sites for hydroxylation is 1. The molecule has 2 fully saturated rings.